The van der Waals surface area contributed by atoms with E-state index in [1.54, 1.807) is 18.3 Å². The molecule has 2 rings (SSSR count). The van der Waals surface area contributed by atoms with E-state index in [-0.39, 0.29) is 6.54 Å². The Labute approximate surface area is 120 Å². The van der Waals surface area contributed by atoms with Crippen molar-refractivity contribution in [1.82, 2.24) is 10.3 Å². The molecule has 0 saturated carbocycles. The third-order valence-corrected chi connectivity index (χ3v) is 2.76. The normalized spacial score (nSPS) is 10.2. The summed E-state index contributed by atoms with van der Waals surface area (Å²) in [6, 6.07) is 6.68. The minimum absolute atomic E-state index is 0.0653. The van der Waals surface area contributed by atoms with Crippen LogP contribution in [-0.4, -0.2) is 17.5 Å². The van der Waals surface area contributed by atoms with Gasteiger partial charge in [0.05, 0.1) is 6.61 Å². The van der Waals surface area contributed by atoms with Crippen LogP contribution in [0.1, 0.15) is 22.8 Å². The molecule has 0 aliphatic rings. The number of nitrogens with zero attached hydrogens (tertiary/aromatic N) is 1. The maximum atomic E-state index is 13.5. The molecule has 0 spiro atoms. The van der Waals surface area contributed by atoms with E-state index in [1.165, 1.54) is 6.07 Å². The zero-order valence-electron chi connectivity index (χ0n) is 11.4. The van der Waals surface area contributed by atoms with E-state index in [0.29, 0.717) is 18.1 Å². The molecule has 2 aromatic rings. The predicted octanol–water partition coefficient (Wildman–Crippen LogP) is 2.69. The molecule has 0 saturated heterocycles. The first-order valence-electron chi connectivity index (χ1n) is 6.42. The molecule has 1 amide bonds. The Morgan fingerprint density at radius 3 is 2.62 bits per heavy atom. The van der Waals surface area contributed by atoms with Gasteiger partial charge in [0.1, 0.15) is 17.2 Å². The molecule has 0 aliphatic heterocycles. The molecular formula is C15H14F2N2O2. The summed E-state index contributed by atoms with van der Waals surface area (Å²) in [5.41, 5.74) is 0.0313. The van der Waals surface area contributed by atoms with Crippen molar-refractivity contribution in [2.45, 2.75) is 13.5 Å². The average molecular weight is 292 g/mol. The fraction of sp³-hybridized carbons (Fsp3) is 0.200. The van der Waals surface area contributed by atoms with E-state index in [2.05, 4.69) is 10.3 Å². The molecule has 6 heteroatoms. The van der Waals surface area contributed by atoms with Crippen LogP contribution in [0.25, 0.3) is 0 Å². The smallest absolute Gasteiger partial charge is 0.257 e. The summed E-state index contributed by atoms with van der Waals surface area (Å²) < 4.78 is 32.3. The molecule has 1 heterocycles. The van der Waals surface area contributed by atoms with Crippen LogP contribution in [0.2, 0.25) is 0 Å². The number of nitrogens with one attached hydrogen (secondary N) is 1. The SMILES string of the molecule is CCOc1ncccc1CNC(=O)c1c(F)cccc1F. The fourth-order valence-electron chi connectivity index (χ4n) is 1.80. The molecular weight excluding hydrogens is 278 g/mol. The van der Waals surface area contributed by atoms with E-state index in [1.807, 2.05) is 6.92 Å². The highest BCUT2D eigenvalue weighted by Gasteiger charge is 2.17. The Morgan fingerprint density at radius 2 is 1.95 bits per heavy atom. The molecule has 1 aromatic carbocycles. The first kappa shape index (κ1) is 14.9. The number of hydrogen-bond donors (Lipinski definition) is 1. The van der Waals surface area contributed by atoms with Crippen LogP contribution >= 0.6 is 0 Å². The largest absolute Gasteiger partial charge is 0.478 e. The van der Waals surface area contributed by atoms with Gasteiger partial charge >= 0.3 is 0 Å². The third-order valence-electron chi connectivity index (χ3n) is 2.76. The van der Waals surface area contributed by atoms with E-state index in [4.69, 9.17) is 4.74 Å². The van der Waals surface area contributed by atoms with E-state index < -0.39 is 23.1 Å². The summed E-state index contributed by atoms with van der Waals surface area (Å²) in [5.74, 6) is -2.24. The maximum absolute atomic E-state index is 13.5. The number of pyridine rings is 1. The van der Waals surface area contributed by atoms with Crippen molar-refractivity contribution in [3.8, 4) is 5.88 Å². The van der Waals surface area contributed by atoms with Crippen molar-refractivity contribution in [1.29, 1.82) is 0 Å². The standard InChI is InChI=1S/C15H14F2N2O2/c1-2-21-15-10(5-4-8-18-15)9-19-14(20)13-11(16)6-3-7-12(13)17/h3-8H,2,9H2,1H3,(H,19,20). The quantitative estimate of drug-likeness (QED) is 0.921. The van der Waals surface area contributed by atoms with Crippen molar-refractivity contribution in [3.63, 3.8) is 0 Å². The van der Waals surface area contributed by atoms with Crippen molar-refractivity contribution in [2.75, 3.05) is 6.61 Å². The molecule has 4 nitrogen and oxygen atoms in total. The highest BCUT2D eigenvalue weighted by atomic mass is 19.1. The van der Waals surface area contributed by atoms with E-state index >= 15 is 0 Å². The maximum Gasteiger partial charge on any atom is 0.257 e. The van der Waals surface area contributed by atoms with Crippen molar-refractivity contribution < 1.29 is 18.3 Å². The number of rotatable bonds is 5. The Bertz CT molecular complexity index is 627. The molecule has 1 N–H and O–H groups in total. The average Bonchev–Trinajstić information content (AvgIpc) is 2.46. The van der Waals surface area contributed by atoms with Gasteiger partial charge in [-0.05, 0) is 25.1 Å². The van der Waals surface area contributed by atoms with Crippen LogP contribution in [0, 0.1) is 11.6 Å². The van der Waals surface area contributed by atoms with Crippen LogP contribution in [0.4, 0.5) is 8.78 Å². The summed E-state index contributed by atoms with van der Waals surface area (Å²) >= 11 is 0. The molecule has 110 valence electrons. The van der Waals surface area contributed by atoms with Gasteiger partial charge in [-0.15, -0.1) is 0 Å². The van der Waals surface area contributed by atoms with Crippen LogP contribution < -0.4 is 10.1 Å². The summed E-state index contributed by atoms with van der Waals surface area (Å²) in [6.45, 7) is 2.31. The Kier molecular flexibility index (Phi) is 4.81. The number of amides is 1. The number of carbonyl (C=O) groups excluding carboxylic acids is 1. The summed E-state index contributed by atoms with van der Waals surface area (Å²) in [4.78, 5) is 15.9. The highest BCUT2D eigenvalue weighted by molar-refractivity contribution is 5.94. The van der Waals surface area contributed by atoms with Gasteiger partial charge in [-0.2, -0.15) is 0 Å². The summed E-state index contributed by atoms with van der Waals surface area (Å²) in [7, 11) is 0. The highest BCUT2D eigenvalue weighted by Crippen LogP contribution is 2.15. The molecule has 0 radical (unpaired) electrons. The lowest BCUT2D eigenvalue weighted by Crippen LogP contribution is -2.25. The topological polar surface area (TPSA) is 51.2 Å². The lowest BCUT2D eigenvalue weighted by Gasteiger charge is -2.10. The summed E-state index contributed by atoms with van der Waals surface area (Å²) in [6.07, 6.45) is 1.56. The Morgan fingerprint density at radius 1 is 1.24 bits per heavy atom. The van der Waals surface area contributed by atoms with Gasteiger partial charge in [-0.25, -0.2) is 13.8 Å². The molecule has 21 heavy (non-hydrogen) atoms. The molecule has 0 fully saturated rings. The first-order valence-corrected chi connectivity index (χ1v) is 6.42. The fourth-order valence-corrected chi connectivity index (χ4v) is 1.80. The molecule has 0 atom stereocenters. The Hall–Kier alpha value is -2.50. The van der Waals surface area contributed by atoms with Gasteiger partial charge in [-0.3, -0.25) is 4.79 Å². The molecule has 1 aromatic heterocycles. The second-order valence-electron chi connectivity index (χ2n) is 4.18. The third kappa shape index (κ3) is 3.53. The number of benzene rings is 1. The lowest BCUT2D eigenvalue weighted by atomic mass is 10.1. The van der Waals surface area contributed by atoms with Gasteiger partial charge in [0.25, 0.3) is 5.91 Å². The van der Waals surface area contributed by atoms with Gasteiger partial charge < -0.3 is 10.1 Å². The van der Waals surface area contributed by atoms with Crippen LogP contribution in [-0.2, 0) is 6.54 Å². The molecule has 0 bridgehead atoms. The number of carbonyl (C=O) groups is 1. The first-order chi connectivity index (χ1) is 10.1. The van der Waals surface area contributed by atoms with Gasteiger partial charge in [-0.1, -0.05) is 12.1 Å². The second-order valence-corrected chi connectivity index (χ2v) is 4.18. The van der Waals surface area contributed by atoms with Crippen LogP contribution in [0.3, 0.4) is 0 Å². The zero-order chi connectivity index (χ0) is 15.2. The number of halogens is 2. The van der Waals surface area contributed by atoms with E-state index in [0.717, 1.165) is 12.1 Å². The molecule has 0 aliphatic carbocycles. The van der Waals surface area contributed by atoms with Gasteiger partial charge in [0.15, 0.2) is 0 Å². The lowest BCUT2D eigenvalue weighted by molar-refractivity contribution is 0.0942. The zero-order valence-corrected chi connectivity index (χ0v) is 11.4. The van der Waals surface area contributed by atoms with Gasteiger partial charge in [0.2, 0.25) is 5.88 Å². The Balaban J connectivity index is 2.11. The van der Waals surface area contributed by atoms with Crippen molar-refractivity contribution in [2.24, 2.45) is 0 Å². The van der Waals surface area contributed by atoms with Crippen molar-refractivity contribution >= 4 is 5.91 Å². The number of ether oxygens (including phenoxy) is 1. The minimum Gasteiger partial charge on any atom is -0.478 e. The second kappa shape index (κ2) is 6.78. The molecule has 0 unspecified atom stereocenters. The van der Waals surface area contributed by atoms with Crippen LogP contribution in [0.5, 0.6) is 5.88 Å². The monoisotopic (exact) mass is 292 g/mol. The number of aromatic nitrogens is 1. The number of hydrogen-bond acceptors (Lipinski definition) is 3. The minimum atomic E-state index is -0.899. The predicted molar refractivity (Wildman–Crippen MR) is 72.9 cm³/mol. The van der Waals surface area contributed by atoms with E-state index in [9.17, 15) is 13.6 Å². The van der Waals surface area contributed by atoms with Crippen molar-refractivity contribution in [3.05, 3.63) is 59.3 Å². The van der Waals surface area contributed by atoms with Crippen LogP contribution in [0.15, 0.2) is 36.5 Å². The van der Waals surface area contributed by atoms with Gasteiger partial charge in [0, 0.05) is 18.3 Å². The summed E-state index contributed by atoms with van der Waals surface area (Å²) in [5, 5.41) is 2.46.